The smallest absolute Gasteiger partial charge is 0.307 e. The number of pyridine rings is 1. The minimum absolute atomic E-state index is 0.192. The van der Waals surface area contributed by atoms with Gasteiger partial charge in [-0.25, -0.2) is 9.97 Å². The number of ether oxygens (including phenoxy) is 1. The molecule has 102 valence electrons. The van der Waals surface area contributed by atoms with Crippen LogP contribution >= 0.6 is 0 Å². The van der Waals surface area contributed by atoms with Gasteiger partial charge in [0.15, 0.2) is 5.82 Å². The van der Waals surface area contributed by atoms with Gasteiger partial charge in [0.05, 0.1) is 24.9 Å². The van der Waals surface area contributed by atoms with Gasteiger partial charge in [0, 0.05) is 26.8 Å². The molecule has 0 spiro atoms. The van der Waals surface area contributed by atoms with Gasteiger partial charge in [-0.1, -0.05) is 0 Å². The van der Waals surface area contributed by atoms with Crippen LogP contribution in [0.1, 0.15) is 13.3 Å². The van der Waals surface area contributed by atoms with E-state index in [0.29, 0.717) is 19.6 Å². The van der Waals surface area contributed by atoms with Crippen molar-refractivity contribution in [1.29, 1.82) is 0 Å². The standard InChI is InChI=1S/C13H18N4O2/c1-4-19-11(18)6-8-16(2)13-12-10(5-7-14-13)17(3)9-15-12/h5,7,9H,4,6,8H2,1-3H3. The fourth-order valence-corrected chi connectivity index (χ4v) is 1.93. The molecule has 0 unspecified atom stereocenters. The third-order valence-corrected chi connectivity index (χ3v) is 2.94. The topological polar surface area (TPSA) is 60.2 Å². The van der Waals surface area contributed by atoms with Crippen LogP contribution in [0.3, 0.4) is 0 Å². The van der Waals surface area contributed by atoms with E-state index in [0.717, 1.165) is 16.9 Å². The summed E-state index contributed by atoms with van der Waals surface area (Å²) in [5, 5.41) is 0. The molecule has 0 aliphatic heterocycles. The van der Waals surface area contributed by atoms with Crippen LogP contribution in [-0.2, 0) is 16.6 Å². The molecule has 2 heterocycles. The summed E-state index contributed by atoms with van der Waals surface area (Å²) in [7, 11) is 3.84. The van der Waals surface area contributed by atoms with E-state index in [9.17, 15) is 4.79 Å². The summed E-state index contributed by atoms with van der Waals surface area (Å²) in [4.78, 5) is 22.0. The molecular weight excluding hydrogens is 244 g/mol. The quantitative estimate of drug-likeness (QED) is 0.761. The summed E-state index contributed by atoms with van der Waals surface area (Å²) in [6.07, 6.45) is 3.85. The average molecular weight is 262 g/mol. The average Bonchev–Trinajstić information content (AvgIpc) is 2.78. The molecule has 6 nitrogen and oxygen atoms in total. The largest absolute Gasteiger partial charge is 0.466 e. The Kier molecular flexibility index (Phi) is 3.99. The number of fused-ring (bicyclic) bond motifs is 1. The Balaban J connectivity index is 2.13. The highest BCUT2D eigenvalue weighted by Crippen LogP contribution is 2.21. The van der Waals surface area contributed by atoms with Crippen molar-refractivity contribution in [3.63, 3.8) is 0 Å². The number of nitrogens with zero attached hydrogens (tertiary/aromatic N) is 4. The van der Waals surface area contributed by atoms with Crippen LogP contribution in [0.15, 0.2) is 18.6 Å². The molecule has 19 heavy (non-hydrogen) atoms. The fraction of sp³-hybridized carbons (Fsp3) is 0.462. The maximum Gasteiger partial charge on any atom is 0.307 e. The Morgan fingerprint density at radius 2 is 2.26 bits per heavy atom. The van der Waals surface area contributed by atoms with Crippen LogP contribution in [0.2, 0.25) is 0 Å². The third kappa shape index (κ3) is 2.83. The van der Waals surface area contributed by atoms with E-state index in [1.54, 1.807) is 19.4 Å². The van der Waals surface area contributed by atoms with Gasteiger partial charge >= 0.3 is 5.97 Å². The number of hydrogen-bond acceptors (Lipinski definition) is 5. The van der Waals surface area contributed by atoms with Crippen molar-refractivity contribution < 1.29 is 9.53 Å². The molecule has 2 aromatic heterocycles. The second kappa shape index (κ2) is 5.69. The number of anilines is 1. The van der Waals surface area contributed by atoms with Gasteiger partial charge < -0.3 is 14.2 Å². The minimum Gasteiger partial charge on any atom is -0.466 e. The molecule has 2 aromatic rings. The summed E-state index contributed by atoms with van der Waals surface area (Å²) in [6.45, 7) is 2.77. The lowest BCUT2D eigenvalue weighted by atomic mass is 10.3. The molecule has 2 rings (SSSR count). The molecule has 0 amide bonds. The number of aromatic nitrogens is 3. The van der Waals surface area contributed by atoms with E-state index in [-0.39, 0.29) is 5.97 Å². The van der Waals surface area contributed by atoms with Gasteiger partial charge in [-0.2, -0.15) is 0 Å². The van der Waals surface area contributed by atoms with Crippen LogP contribution < -0.4 is 4.90 Å². The normalized spacial score (nSPS) is 10.7. The lowest BCUT2D eigenvalue weighted by molar-refractivity contribution is -0.142. The predicted octanol–water partition coefficient (Wildman–Crippen LogP) is 1.36. The fourth-order valence-electron chi connectivity index (χ4n) is 1.93. The lowest BCUT2D eigenvalue weighted by Gasteiger charge is -2.17. The monoisotopic (exact) mass is 262 g/mol. The highest BCUT2D eigenvalue weighted by atomic mass is 16.5. The zero-order valence-corrected chi connectivity index (χ0v) is 11.5. The van der Waals surface area contributed by atoms with Gasteiger partial charge in [-0.3, -0.25) is 4.79 Å². The molecule has 0 aromatic carbocycles. The zero-order chi connectivity index (χ0) is 13.8. The zero-order valence-electron chi connectivity index (χ0n) is 11.5. The number of carbonyl (C=O) groups is 1. The summed E-state index contributed by atoms with van der Waals surface area (Å²) in [6, 6.07) is 1.92. The van der Waals surface area contributed by atoms with Crippen LogP contribution in [0.5, 0.6) is 0 Å². The summed E-state index contributed by atoms with van der Waals surface area (Å²) < 4.78 is 6.86. The van der Waals surface area contributed by atoms with E-state index < -0.39 is 0 Å². The Hall–Kier alpha value is -2.11. The van der Waals surface area contributed by atoms with Gasteiger partial charge in [0.1, 0.15) is 5.52 Å². The number of aryl methyl sites for hydroxylation is 1. The highest BCUT2D eigenvalue weighted by molar-refractivity contribution is 5.86. The molecule has 0 N–H and O–H groups in total. The molecule has 0 fully saturated rings. The third-order valence-electron chi connectivity index (χ3n) is 2.94. The Bertz CT molecular complexity index is 579. The molecular formula is C13H18N4O2. The minimum atomic E-state index is -0.192. The SMILES string of the molecule is CCOC(=O)CCN(C)c1nccc2c1ncn2C. The Labute approximate surface area is 112 Å². The number of esters is 1. The lowest BCUT2D eigenvalue weighted by Crippen LogP contribution is -2.23. The molecule has 0 aliphatic rings. The second-order valence-corrected chi connectivity index (χ2v) is 4.33. The Morgan fingerprint density at radius 3 is 3.00 bits per heavy atom. The molecule has 0 bridgehead atoms. The number of hydrogen-bond donors (Lipinski definition) is 0. The van der Waals surface area contributed by atoms with Crippen LogP contribution in [0.4, 0.5) is 5.82 Å². The van der Waals surface area contributed by atoms with E-state index in [1.807, 2.05) is 29.6 Å². The molecule has 0 saturated carbocycles. The van der Waals surface area contributed by atoms with E-state index >= 15 is 0 Å². The number of carbonyl (C=O) groups excluding carboxylic acids is 1. The van der Waals surface area contributed by atoms with E-state index in [2.05, 4.69) is 9.97 Å². The van der Waals surface area contributed by atoms with Gasteiger partial charge in [-0.15, -0.1) is 0 Å². The van der Waals surface area contributed by atoms with Gasteiger partial charge in [0.25, 0.3) is 0 Å². The maximum atomic E-state index is 11.4. The van der Waals surface area contributed by atoms with Crippen molar-refractivity contribution in [2.75, 3.05) is 25.1 Å². The second-order valence-electron chi connectivity index (χ2n) is 4.33. The van der Waals surface area contributed by atoms with E-state index in [1.165, 1.54) is 0 Å². The molecule has 6 heteroatoms. The first kappa shape index (κ1) is 13.3. The summed E-state index contributed by atoms with van der Waals surface area (Å²) >= 11 is 0. The number of rotatable bonds is 5. The molecule has 0 radical (unpaired) electrons. The molecule has 0 saturated heterocycles. The van der Waals surface area contributed by atoms with Crippen LogP contribution in [0, 0.1) is 0 Å². The maximum absolute atomic E-state index is 11.4. The predicted molar refractivity (Wildman–Crippen MR) is 73.0 cm³/mol. The first-order valence-corrected chi connectivity index (χ1v) is 6.26. The molecule has 0 atom stereocenters. The molecule has 0 aliphatic carbocycles. The van der Waals surface area contributed by atoms with Crippen molar-refractivity contribution in [1.82, 2.24) is 14.5 Å². The van der Waals surface area contributed by atoms with E-state index in [4.69, 9.17) is 4.74 Å². The summed E-state index contributed by atoms with van der Waals surface area (Å²) in [5.41, 5.74) is 1.87. The van der Waals surface area contributed by atoms with Crippen molar-refractivity contribution in [3.05, 3.63) is 18.6 Å². The van der Waals surface area contributed by atoms with Crippen molar-refractivity contribution in [3.8, 4) is 0 Å². The van der Waals surface area contributed by atoms with Crippen LogP contribution in [0.25, 0.3) is 11.0 Å². The van der Waals surface area contributed by atoms with Gasteiger partial charge in [-0.05, 0) is 13.0 Å². The van der Waals surface area contributed by atoms with Gasteiger partial charge in [0.2, 0.25) is 0 Å². The first-order chi connectivity index (χ1) is 9.13. The summed E-state index contributed by atoms with van der Waals surface area (Å²) in [5.74, 6) is 0.588. The number of imidazole rings is 1. The Morgan fingerprint density at radius 1 is 1.47 bits per heavy atom. The van der Waals surface area contributed by atoms with Crippen molar-refractivity contribution >= 4 is 22.8 Å². The van der Waals surface area contributed by atoms with Crippen molar-refractivity contribution in [2.45, 2.75) is 13.3 Å². The first-order valence-electron chi connectivity index (χ1n) is 6.26. The highest BCUT2D eigenvalue weighted by Gasteiger charge is 2.12. The van der Waals surface area contributed by atoms with Crippen LogP contribution in [-0.4, -0.2) is 40.7 Å². The van der Waals surface area contributed by atoms with Crippen molar-refractivity contribution in [2.24, 2.45) is 7.05 Å².